The molecule has 0 radical (unpaired) electrons. The summed E-state index contributed by atoms with van der Waals surface area (Å²) in [5.74, 6) is -2.89. The van der Waals surface area contributed by atoms with Crippen molar-refractivity contribution in [2.75, 3.05) is 26.4 Å². The number of carboxylic acids is 1. The number of esters is 1. The van der Waals surface area contributed by atoms with E-state index in [1.54, 1.807) is 13.8 Å². The molecule has 0 saturated heterocycles. The van der Waals surface area contributed by atoms with Crippen molar-refractivity contribution in [2.45, 2.75) is 65.3 Å². The molecule has 0 aromatic rings. The van der Waals surface area contributed by atoms with E-state index >= 15 is 0 Å². The van der Waals surface area contributed by atoms with Gasteiger partial charge in [-0.3, -0.25) is 9.59 Å². The van der Waals surface area contributed by atoms with E-state index in [1.165, 1.54) is 0 Å². The zero-order valence-electron chi connectivity index (χ0n) is 14.5. The van der Waals surface area contributed by atoms with Gasteiger partial charge in [-0.1, -0.05) is 13.3 Å². The number of hydrogen-bond donors (Lipinski definition) is 1. The molecule has 7 nitrogen and oxygen atoms in total. The highest BCUT2D eigenvalue weighted by atomic mass is 16.9. The SMILES string of the molecule is CCCCOCC(OCC)(OCC)OC(=O)CCCCC(=O)O. The van der Waals surface area contributed by atoms with E-state index in [0.717, 1.165) is 12.8 Å². The average Bonchev–Trinajstić information content (AvgIpc) is 2.48. The van der Waals surface area contributed by atoms with Crippen LogP contribution in [0.5, 0.6) is 0 Å². The van der Waals surface area contributed by atoms with Gasteiger partial charge in [0.05, 0.1) is 13.2 Å². The Kier molecular flexibility index (Phi) is 12.6. The molecule has 1 N–H and O–H groups in total. The summed E-state index contributed by atoms with van der Waals surface area (Å²) in [6, 6.07) is 0. The van der Waals surface area contributed by atoms with Gasteiger partial charge in [-0.05, 0) is 33.1 Å². The fraction of sp³-hybridized carbons (Fsp3) is 0.875. The lowest BCUT2D eigenvalue weighted by molar-refractivity contribution is -0.375. The first-order chi connectivity index (χ1) is 11.0. The van der Waals surface area contributed by atoms with Gasteiger partial charge < -0.3 is 24.1 Å². The van der Waals surface area contributed by atoms with Crippen LogP contribution in [-0.4, -0.2) is 49.4 Å². The van der Waals surface area contributed by atoms with E-state index in [1.807, 2.05) is 0 Å². The third-order valence-electron chi connectivity index (χ3n) is 2.94. The van der Waals surface area contributed by atoms with Crippen molar-refractivity contribution in [1.29, 1.82) is 0 Å². The normalized spacial score (nSPS) is 11.4. The molecule has 0 unspecified atom stereocenters. The van der Waals surface area contributed by atoms with Crippen LogP contribution in [0.2, 0.25) is 0 Å². The molecule has 0 bridgehead atoms. The number of rotatable bonds is 15. The first-order valence-corrected chi connectivity index (χ1v) is 8.29. The summed E-state index contributed by atoms with van der Waals surface area (Å²) in [4.78, 5) is 22.4. The quantitative estimate of drug-likeness (QED) is 0.280. The van der Waals surface area contributed by atoms with E-state index in [-0.39, 0.29) is 19.4 Å². The first kappa shape index (κ1) is 21.8. The number of hydrogen-bond acceptors (Lipinski definition) is 6. The molecular formula is C16H30O7. The Hall–Kier alpha value is -1.18. The zero-order valence-corrected chi connectivity index (χ0v) is 14.5. The molecule has 0 saturated carbocycles. The van der Waals surface area contributed by atoms with Crippen LogP contribution >= 0.6 is 0 Å². The third-order valence-corrected chi connectivity index (χ3v) is 2.94. The molecule has 0 aliphatic carbocycles. The number of carboxylic acid groups (broad SMARTS) is 1. The molecule has 136 valence electrons. The van der Waals surface area contributed by atoms with Crippen LogP contribution in [0.25, 0.3) is 0 Å². The monoisotopic (exact) mass is 334 g/mol. The highest BCUT2D eigenvalue weighted by Gasteiger charge is 2.37. The number of carbonyl (C=O) groups excluding carboxylic acids is 1. The van der Waals surface area contributed by atoms with Gasteiger partial charge >= 0.3 is 17.9 Å². The number of ether oxygens (including phenoxy) is 4. The lowest BCUT2D eigenvalue weighted by Gasteiger charge is -2.31. The Labute approximate surface area is 138 Å². The van der Waals surface area contributed by atoms with Crippen molar-refractivity contribution in [3.05, 3.63) is 0 Å². The number of unbranched alkanes of at least 4 members (excludes halogenated alkanes) is 2. The van der Waals surface area contributed by atoms with Gasteiger partial charge in [0.25, 0.3) is 0 Å². The molecule has 0 atom stereocenters. The van der Waals surface area contributed by atoms with E-state index < -0.39 is 17.9 Å². The van der Waals surface area contributed by atoms with Gasteiger partial charge in [-0.15, -0.1) is 0 Å². The lowest BCUT2D eigenvalue weighted by atomic mass is 10.2. The lowest BCUT2D eigenvalue weighted by Crippen LogP contribution is -2.45. The van der Waals surface area contributed by atoms with Crippen LogP contribution < -0.4 is 0 Å². The van der Waals surface area contributed by atoms with Crippen LogP contribution in [0, 0.1) is 0 Å². The highest BCUT2D eigenvalue weighted by Crippen LogP contribution is 2.19. The maximum Gasteiger partial charge on any atom is 0.353 e. The summed E-state index contributed by atoms with van der Waals surface area (Å²) in [7, 11) is 0. The molecule has 0 fully saturated rings. The second-order valence-corrected chi connectivity index (χ2v) is 5.03. The topological polar surface area (TPSA) is 91.3 Å². The number of carbonyl (C=O) groups is 2. The van der Waals surface area contributed by atoms with Crippen molar-refractivity contribution in [3.8, 4) is 0 Å². The minimum absolute atomic E-state index is 0.00947. The average molecular weight is 334 g/mol. The molecule has 23 heavy (non-hydrogen) atoms. The molecular weight excluding hydrogens is 304 g/mol. The van der Waals surface area contributed by atoms with Crippen LogP contribution in [0.3, 0.4) is 0 Å². The molecule has 0 aliphatic heterocycles. The fourth-order valence-electron chi connectivity index (χ4n) is 1.87. The van der Waals surface area contributed by atoms with Crippen LogP contribution in [0.4, 0.5) is 0 Å². The molecule has 0 aliphatic rings. The second kappa shape index (κ2) is 13.3. The van der Waals surface area contributed by atoms with Gasteiger partial charge in [-0.2, -0.15) is 0 Å². The van der Waals surface area contributed by atoms with Crippen LogP contribution in [-0.2, 0) is 28.5 Å². The summed E-state index contributed by atoms with van der Waals surface area (Å²) in [6.45, 7) is 6.77. The molecule has 0 heterocycles. The Morgan fingerprint density at radius 2 is 1.57 bits per heavy atom. The predicted octanol–water partition coefficient (Wildman–Crippen LogP) is 2.72. The van der Waals surface area contributed by atoms with E-state index in [0.29, 0.717) is 32.7 Å². The molecule has 0 aromatic carbocycles. The van der Waals surface area contributed by atoms with Crippen LogP contribution in [0.1, 0.15) is 59.3 Å². The smallest absolute Gasteiger partial charge is 0.353 e. The van der Waals surface area contributed by atoms with Crippen molar-refractivity contribution in [1.82, 2.24) is 0 Å². The van der Waals surface area contributed by atoms with Crippen molar-refractivity contribution < 1.29 is 33.6 Å². The molecule has 0 amide bonds. The summed E-state index contributed by atoms with van der Waals surface area (Å²) in [6.07, 6.45) is 2.92. The fourth-order valence-corrected chi connectivity index (χ4v) is 1.87. The maximum atomic E-state index is 12.0. The molecule has 0 rings (SSSR count). The molecule has 0 aromatic heterocycles. The van der Waals surface area contributed by atoms with Crippen LogP contribution in [0.15, 0.2) is 0 Å². The van der Waals surface area contributed by atoms with E-state index in [2.05, 4.69) is 6.92 Å². The minimum atomic E-state index is -1.53. The highest BCUT2D eigenvalue weighted by molar-refractivity contribution is 5.70. The zero-order chi connectivity index (χ0) is 17.6. The van der Waals surface area contributed by atoms with Crippen molar-refractivity contribution >= 4 is 11.9 Å². The Balaban J connectivity index is 4.45. The maximum absolute atomic E-state index is 12.0. The standard InChI is InChI=1S/C16H30O7/c1-4-7-12-20-13-16(21-5-2,22-6-3)23-15(19)11-9-8-10-14(17)18/h4-13H2,1-3H3,(H,17,18). The molecule has 0 spiro atoms. The van der Waals surface area contributed by atoms with Gasteiger partial charge in [0.1, 0.15) is 6.61 Å². The second-order valence-electron chi connectivity index (χ2n) is 5.03. The van der Waals surface area contributed by atoms with E-state index in [9.17, 15) is 9.59 Å². The minimum Gasteiger partial charge on any atom is -0.481 e. The predicted molar refractivity (Wildman–Crippen MR) is 83.9 cm³/mol. The van der Waals surface area contributed by atoms with Gasteiger partial charge in [0.2, 0.25) is 0 Å². The first-order valence-electron chi connectivity index (χ1n) is 8.29. The summed E-state index contributed by atoms with van der Waals surface area (Å²) < 4.78 is 21.8. The summed E-state index contributed by atoms with van der Waals surface area (Å²) >= 11 is 0. The van der Waals surface area contributed by atoms with E-state index in [4.69, 9.17) is 24.1 Å². The summed E-state index contributed by atoms with van der Waals surface area (Å²) in [5, 5.41) is 8.57. The third kappa shape index (κ3) is 11.1. The number of aliphatic carboxylic acids is 1. The molecule has 7 heteroatoms. The largest absolute Gasteiger partial charge is 0.481 e. The van der Waals surface area contributed by atoms with Gasteiger partial charge in [-0.25, -0.2) is 0 Å². The van der Waals surface area contributed by atoms with Gasteiger partial charge in [0, 0.05) is 19.4 Å². The van der Waals surface area contributed by atoms with Crippen molar-refractivity contribution in [2.24, 2.45) is 0 Å². The Bertz CT molecular complexity index is 324. The van der Waals surface area contributed by atoms with Gasteiger partial charge in [0.15, 0.2) is 0 Å². The van der Waals surface area contributed by atoms with Crippen molar-refractivity contribution in [3.63, 3.8) is 0 Å². The Morgan fingerprint density at radius 3 is 2.09 bits per heavy atom. The Morgan fingerprint density at radius 1 is 0.957 bits per heavy atom. The summed E-state index contributed by atoms with van der Waals surface area (Å²) in [5.41, 5.74) is 0.